The first kappa shape index (κ1) is 16.1. The van der Waals surface area contributed by atoms with Gasteiger partial charge in [0.1, 0.15) is 5.78 Å². The van der Waals surface area contributed by atoms with Crippen LogP contribution in [-0.2, 0) is 17.4 Å². The summed E-state index contributed by atoms with van der Waals surface area (Å²) in [6.45, 7) is 4.32. The number of benzene rings is 1. The molecule has 4 heteroatoms. The van der Waals surface area contributed by atoms with Gasteiger partial charge in [0.25, 0.3) is 0 Å². The SMILES string of the molecule is CC(C)C1CCC(=O)C(Cc2ccc(C(F)(F)F)cc2)C1. The number of alkyl halides is 3. The Morgan fingerprint density at radius 2 is 1.81 bits per heavy atom. The summed E-state index contributed by atoms with van der Waals surface area (Å²) in [6, 6.07) is 5.19. The molecule has 1 aromatic rings. The molecule has 0 aromatic heterocycles. The maximum Gasteiger partial charge on any atom is 0.416 e. The minimum Gasteiger partial charge on any atom is -0.299 e. The number of Topliss-reactive ketones (excluding diaryl/α,β-unsaturated/α-hetero) is 1. The summed E-state index contributed by atoms with van der Waals surface area (Å²) in [7, 11) is 0. The molecule has 0 saturated heterocycles. The average molecular weight is 298 g/mol. The van der Waals surface area contributed by atoms with Crippen LogP contribution in [0.2, 0.25) is 0 Å². The lowest BCUT2D eigenvalue weighted by atomic mass is 9.73. The highest BCUT2D eigenvalue weighted by Gasteiger charge is 2.32. The first-order chi connectivity index (χ1) is 9.77. The van der Waals surface area contributed by atoms with E-state index in [0.717, 1.165) is 30.5 Å². The summed E-state index contributed by atoms with van der Waals surface area (Å²) in [6.07, 6.45) is -1.34. The Morgan fingerprint density at radius 3 is 2.33 bits per heavy atom. The first-order valence-corrected chi connectivity index (χ1v) is 7.46. The predicted molar refractivity (Wildman–Crippen MR) is 75.8 cm³/mol. The largest absolute Gasteiger partial charge is 0.416 e. The quantitative estimate of drug-likeness (QED) is 0.776. The van der Waals surface area contributed by atoms with Crippen LogP contribution in [0.1, 0.15) is 44.2 Å². The topological polar surface area (TPSA) is 17.1 Å². The van der Waals surface area contributed by atoms with E-state index in [2.05, 4.69) is 13.8 Å². The summed E-state index contributed by atoms with van der Waals surface area (Å²) >= 11 is 0. The van der Waals surface area contributed by atoms with E-state index < -0.39 is 11.7 Å². The van der Waals surface area contributed by atoms with Gasteiger partial charge in [-0.1, -0.05) is 26.0 Å². The van der Waals surface area contributed by atoms with Gasteiger partial charge in [0.2, 0.25) is 0 Å². The summed E-state index contributed by atoms with van der Waals surface area (Å²) in [5.74, 6) is 1.31. The Labute approximate surface area is 123 Å². The minimum atomic E-state index is -4.30. The maximum absolute atomic E-state index is 12.5. The molecule has 0 amide bonds. The average Bonchev–Trinajstić information content (AvgIpc) is 2.40. The highest BCUT2D eigenvalue weighted by Crippen LogP contribution is 2.34. The van der Waals surface area contributed by atoms with Crippen molar-refractivity contribution in [2.45, 2.75) is 45.7 Å². The van der Waals surface area contributed by atoms with Crippen LogP contribution < -0.4 is 0 Å². The van der Waals surface area contributed by atoms with Crippen LogP contribution in [-0.4, -0.2) is 5.78 Å². The smallest absolute Gasteiger partial charge is 0.299 e. The van der Waals surface area contributed by atoms with Crippen LogP contribution in [0.5, 0.6) is 0 Å². The molecule has 1 saturated carbocycles. The van der Waals surface area contributed by atoms with E-state index in [4.69, 9.17) is 0 Å². The van der Waals surface area contributed by atoms with Crippen molar-refractivity contribution in [3.8, 4) is 0 Å². The Hall–Kier alpha value is -1.32. The third kappa shape index (κ3) is 4.08. The molecular weight excluding hydrogens is 277 g/mol. The molecule has 2 rings (SSSR count). The molecule has 2 unspecified atom stereocenters. The van der Waals surface area contributed by atoms with Crippen LogP contribution in [0.4, 0.5) is 13.2 Å². The molecular formula is C17H21F3O. The fourth-order valence-electron chi connectivity index (χ4n) is 3.06. The summed E-state index contributed by atoms with van der Waals surface area (Å²) in [4.78, 5) is 12.0. The molecule has 0 N–H and O–H groups in total. The summed E-state index contributed by atoms with van der Waals surface area (Å²) in [5.41, 5.74) is 0.173. The third-order valence-electron chi connectivity index (χ3n) is 4.51. The van der Waals surface area contributed by atoms with Crippen LogP contribution in [0.3, 0.4) is 0 Å². The lowest BCUT2D eigenvalue weighted by Crippen LogP contribution is -2.28. The molecule has 0 bridgehead atoms. The van der Waals surface area contributed by atoms with Crippen molar-refractivity contribution in [2.24, 2.45) is 17.8 Å². The van der Waals surface area contributed by atoms with Crippen LogP contribution in [0.25, 0.3) is 0 Å². The molecule has 0 aliphatic heterocycles. The molecule has 1 aliphatic carbocycles. The molecule has 0 heterocycles. The minimum absolute atomic E-state index is 0.0390. The van der Waals surface area contributed by atoms with Crippen LogP contribution in [0.15, 0.2) is 24.3 Å². The van der Waals surface area contributed by atoms with E-state index in [-0.39, 0.29) is 11.7 Å². The van der Waals surface area contributed by atoms with Crippen LogP contribution >= 0.6 is 0 Å². The lowest BCUT2D eigenvalue weighted by molar-refractivity contribution is -0.137. The second-order valence-electron chi connectivity index (χ2n) is 6.34. The molecule has 0 spiro atoms. The second kappa shape index (κ2) is 6.20. The molecule has 1 fully saturated rings. The molecule has 116 valence electrons. The van der Waals surface area contributed by atoms with Crippen molar-refractivity contribution >= 4 is 5.78 Å². The van der Waals surface area contributed by atoms with Crippen molar-refractivity contribution < 1.29 is 18.0 Å². The Balaban J connectivity index is 2.04. The lowest BCUT2D eigenvalue weighted by Gasteiger charge is -2.30. The van der Waals surface area contributed by atoms with Crippen molar-refractivity contribution in [1.82, 2.24) is 0 Å². The first-order valence-electron chi connectivity index (χ1n) is 7.46. The number of hydrogen-bond acceptors (Lipinski definition) is 1. The van der Waals surface area contributed by atoms with Gasteiger partial charge in [0.15, 0.2) is 0 Å². The highest BCUT2D eigenvalue weighted by atomic mass is 19.4. The molecule has 2 atom stereocenters. The maximum atomic E-state index is 12.5. The van der Waals surface area contributed by atoms with Gasteiger partial charge in [-0.25, -0.2) is 0 Å². The van der Waals surface area contributed by atoms with E-state index in [1.165, 1.54) is 12.1 Å². The van der Waals surface area contributed by atoms with Crippen molar-refractivity contribution in [3.63, 3.8) is 0 Å². The third-order valence-corrected chi connectivity index (χ3v) is 4.51. The van der Waals surface area contributed by atoms with E-state index >= 15 is 0 Å². The van der Waals surface area contributed by atoms with Crippen LogP contribution in [0, 0.1) is 17.8 Å². The zero-order chi connectivity index (χ0) is 15.6. The summed E-state index contributed by atoms with van der Waals surface area (Å²) in [5, 5.41) is 0. The van der Waals surface area contributed by atoms with Gasteiger partial charge in [-0.05, 0) is 48.8 Å². The van der Waals surface area contributed by atoms with Gasteiger partial charge >= 0.3 is 6.18 Å². The van der Waals surface area contributed by atoms with Gasteiger partial charge in [0.05, 0.1) is 5.56 Å². The molecule has 1 aromatic carbocycles. The van der Waals surface area contributed by atoms with E-state index in [0.29, 0.717) is 24.7 Å². The van der Waals surface area contributed by atoms with Gasteiger partial charge in [-0.15, -0.1) is 0 Å². The standard InChI is InChI=1S/C17H21F3O/c1-11(2)13-5-8-16(21)14(10-13)9-12-3-6-15(7-4-12)17(18,19)20/h3-4,6-7,11,13-14H,5,8-10H2,1-2H3. The highest BCUT2D eigenvalue weighted by molar-refractivity contribution is 5.82. The zero-order valence-corrected chi connectivity index (χ0v) is 12.4. The van der Waals surface area contributed by atoms with Gasteiger partial charge < -0.3 is 0 Å². The Morgan fingerprint density at radius 1 is 1.19 bits per heavy atom. The summed E-state index contributed by atoms with van der Waals surface area (Å²) < 4.78 is 37.6. The number of hydrogen-bond donors (Lipinski definition) is 0. The number of carbonyl (C=O) groups is 1. The van der Waals surface area contributed by atoms with Gasteiger partial charge in [-0.3, -0.25) is 4.79 Å². The Kier molecular flexibility index (Phi) is 4.74. The molecule has 0 radical (unpaired) electrons. The fraction of sp³-hybridized carbons (Fsp3) is 0.588. The normalized spacial score (nSPS) is 23.6. The van der Waals surface area contributed by atoms with Crippen molar-refractivity contribution in [2.75, 3.05) is 0 Å². The number of rotatable bonds is 3. The zero-order valence-electron chi connectivity index (χ0n) is 12.4. The predicted octanol–water partition coefficient (Wildman–Crippen LogP) is 4.89. The van der Waals surface area contributed by atoms with E-state index in [1.54, 1.807) is 0 Å². The number of halogens is 3. The molecule has 1 aliphatic rings. The molecule has 21 heavy (non-hydrogen) atoms. The monoisotopic (exact) mass is 298 g/mol. The van der Waals surface area contributed by atoms with E-state index in [9.17, 15) is 18.0 Å². The van der Waals surface area contributed by atoms with Gasteiger partial charge in [-0.2, -0.15) is 13.2 Å². The van der Waals surface area contributed by atoms with Crippen molar-refractivity contribution in [1.29, 1.82) is 0 Å². The molecule has 1 nitrogen and oxygen atoms in total. The second-order valence-corrected chi connectivity index (χ2v) is 6.34. The fourth-order valence-corrected chi connectivity index (χ4v) is 3.06. The number of ketones is 1. The van der Waals surface area contributed by atoms with Crippen molar-refractivity contribution in [3.05, 3.63) is 35.4 Å². The number of carbonyl (C=O) groups excluding carboxylic acids is 1. The van der Waals surface area contributed by atoms with Gasteiger partial charge in [0, 0.05) is 12.3 Å². The Bertz CT molecular complexity index is 488. The van der Waals surface area contributed by atoms with E-state index in [1.807, 2.05) is 0 Å².